The van der Waals surface area contributed by atoms with Crippen LogP contribution >= 0.6 is 0 Å². The van der Waals surface area contributed by atoms with Crippen LogP contribution < -0.4 is 5.32 Å². The monoisotopic (exact) mass is 261 g/mol. The third-order valence-electron chi connectivity index (χ3n) is 3.80. The largest absolute Gasteiger partial charge is 0.380 e. The minimum atomic E-state index is 0.0284. The molecule has 1 aliphatic carbocycles. The minimum absolute atomic E-state index is 0.0284. The van der Waals surface area contributed by atoms with Crippen molar-refractivity contribution in [1.29, 1.82) is 0 Å². The SMILES string of the molecule is COCc1cccc(C(=O)NC2CCC(C)(C)C2)c1. The Morgan fingerprint density at radius 3 is 2.89 bits per heavy atom. The molecule has 3 nitrogen and oxygen atoms in total. The summed E-state index contributed by atoms with van der Waals surface area (Å²) in [5.74, 6) is 0.0284. The maximum Gasteiger partial charge on any atom is 0.251 e. The van der Waals surface area contributed by atoms with Gasteiger partial charge >= 0.3 is 0 Å². The standard InChI is InChI=1S/C16H23NO2/c1-16(2)8-7-14(10-16)17-15(18)13-6-4-5-12(9-13)11-19-3/h4-6,9,14H,7-8,10-11H2,1-3H3,(H,17,18). The second-order valence-electron chi connectivity index (χ2n) is 6.21. The third-order valence-corrected chi connectivity index (χ3v) is 3.80. The van der Waals surface area contributed by atoms with Crippen molar-refractivity contribution in [2.24, 2.45) is 5.41 Å². The van der Waals surface area contributed by atoms with E-state index >= 15 is 0 Å². The predicted octanol–water partition coefficient (Wildman–Crippen LogP) is 3.14. The first kappa shape index (κ1) is 14.1. The highest BCUT2D eigenvalue weighted by Gasteiger charge is 2.31. The topological polar surface area (TPSA) is 38.3 Å². The lowest BCUT2D eigenvalue weighted by Gasteiger charge is -2.18. The number of hydrogen-bond donors (Lipinski definition) is 1. The maximum atomic E-state index is 12.2. The van der Waals surface area contributed by atoms with Crippen molar-refractivity contribution in [3.05, 3.63) is 35.4 Å². The fourth-order valence-corrected chi connectivity index (χ4v) is 2.80. The molecule has 3 heteroatoms. The number of methoxy groups -OCH3 is 1. The van der Waals surface area contributed by atoms with Crippen molar-refractivity contribution >= 4 is 5.91 Å². The van der Waals surface area contributed by atoms with E-state index in [0.29, 0.717) is 18.1 Å². The van der Waals surface area contributed by atoms with Gasteiger partial charge in [-0.05, 0) is 42.4 Å². The molecule has 0 aromatic heterocycles. The molecule has 1 aromatic rings. The minimum Gasteiger partial charge on any atom is -0.380 e. The zero-order valence-electron chi connectivity index (χ0n) is 12.0. The van der Waals surface area contributed by atoms with Gasteiger partial charge in [0.05, 0.1) is 6.61 Å². The van der Waals surface area contributed by atoms with Gasteiger partial charge in [-0.1, -0.05) is 26.0 Å². The molecule has 1 aliphatic rings. The van der Waals surface area contributed by atoms with Gasteiger partial charge in [0, 0.05) is 18.7 Å². The Kier molecular flexibility index (Phi) is 4.25. The van der Waals surface area contributed by atoms with Gasteiger partial charge in [0.1, 0.15) is 0 Å². The Morgan fingerprint density at radius 1 is 1.47 bits per heavy atom. The number of ether oxygens (including phenoxy) is 1. The van der Waals surface area contributed by atoms with E-state index in [1.807, 2.05) is 24.3 Å². The number of amides is 1. The van der Waals surface area contributed by atoms with Gasteiger partial charge in [-0.15, -0.1) is 0 Å². The van der Waals surface area contributed by atoms with Crippen LogP contribution in [0.2, 0.25) is 0 Å². The van der Waals surface area contributed by atoms with Gasteiger partial charge in [0.15, 0.2) is 0 Å². The number of rotatable bonds is 4. The van der Waals surface area contributed by atoms with Crippen LogP contribution in [0, 0.1) is 5.41 Å². The fourth-order valence-electron chi connectivity index (χ4n) is 2.80. The number of carbonyl (C=O) groups is 1. The van der Waals surface area contributed by atoms with E-state index in [2.05, 4.69) is 19.2 Å². The fraction of sp³-hybridized carbons (Fsp3) is 0.562. The number of carbonyl (C=O) groups excluding carboxylic acids is 1. The first-order valence-corrected chi connectivity index (χ1v) is 6.89. The molecule has 0 spiro atoms. The van der Waals surface area contributed by atoms with Crippen LogP contribution in [0.1, 0.15) is 49.0 Å². The van der Waals surface area contributed by atoms with Gasteiger partial charge in [0.2, 0.25) is 0 Å². The predicted molar refractivity (Wildman–Crippen MR) is 76.0 cm³/mol. The summed E-state index contributed by atoms with van der Waals surface area (Å²) in [6.45, 7) is 5.06. The average molecular weight is 261 g/mol. The van der Waals surface area contributed by atoms with Crippen LogP contribution in [0.25, 0.3) is 0 Å². The van der Waals surface area contributed by atoms with Gasteiger partial charge in [-0.3, -0.25) is 4.79 Å². The molecule has 0 saturated heterocycles. The smallest absolute Gasteiger partial charge is 0.251 e. The lowest BCUT2D eigenvalue weighted by atomic mass is 9.92. The van der Waals surface area contributed by atoms with E-state index in [-0.39, 0.29) is 5.91 Å². The normalized spacial score (nSPS) is 21.3. The summed E-state index contributed by atoms with van der Waals surface area (Å²) in [5.41, 5.74) is 2.11. The van der Waals surface area contributed by atoms with E-state index < -0.39 is 0 Å². The van der Waals surface area contributed by atoms with Crippen LogP contribution in [0.3, 0.4) is 0 Å². The molecule has 1 N–H and O–H groups in total. The lowest BCUT2D eigenvalue weighted by Crippen LogP contribution is -2.33. The summed E-state index contributed by atoms with van der Waals surface area (Å²) in [6, 6.07) is 7.95. The van der Waals surface area contributed by atoms with Gasteiger partial charge in [0.25, 0.3) is 5.91 Å². The molecule has 0 aliphatic heterocycles. The highest BCUT2D eigenvalue weighted by molar-refractivity contribution is 5.94. The molecular formula is C16H23NO2. The summed E-state index contributed by atoms with van der Waals surface area (Å²) in [6.07, 6.45) is 3.33. The van der Waals surface area contributed by atoms with E-state index in [0.717, 1.165) is 24.0 Å². The quantitative estimate of drug-likeness (QED) is 0.904. The highest BCUT2D eigenvalue weighted by atomic mass is 16.5. The van der Waals surface area contributed by atoms with E-state index in [1.54, 1.807) is 7.11 Å². The molecule has 2 rings (SSSR count). The van der Waals surface area contributed by atoms with Crippen molar-refractivity contribution in [2.75, 3.05) is 7.11 Å². The third kappa shape index (κ3) is 3.80. The van der Waals surface area contributed by atoms with Crippen molar-refractivity contribution < 1.29 is 9.53 Å². The number of nitrogens with one attached hydrogen (secondary N) is 1. The highest BCUT2D eigenvalue weighted by Crippen LogP contribution is 2.36. The molecule has 104 valence electrons. The maximum absolute atomic E-state index is 12.2. The lowest BCUT2D eigenvalue weighted by molar-refractivity contribution is 0.0935. The van der Waals surface area contributed by atoms with E-state index in [4.69, 9.17) is 4.74 Å². The molecule has 0 bridgehead atoms. The Bertz CT molecular complexity index is 454. The van der Waals surface area contributed by atoms with Gasteiger partial charge in [-0.2, -0.15) is 0 Å². The van der Waals surface area contributed by atoms with Crippen LogP contribution in [0.15, 0.2) is 24.3 Å². The number of benzene rings is 1. The summed E-state index contributed by atoms with van der Waals surface area (Å²) >= 11 is 0. The van der Waals surface area contributed by atoms with Crippen molar-refractivity contribution in [1.82, 2.24) is 5.32 Å². The van der Waals surface area contributed by atoms with Gasteiger partial charge < -0.3 is 10.1 Å². The second kappa shape index (κ2) is 5.74. The number of hydrogen-bond acceptors (Lipinski definition) is 2. The summed E-state index contributed by atoms with van der Waals surface area (Å²) in [4.78, 5) is 12.2. The Balaban J connectivity index is 1.98. The molecule has 0 heterocycles. The van der Waals surface area contributed by atoms with Crippen LogP contribution in [0.5, 0.6) is 0 Å². The summed E-state index contributed by atoms with van der Waals surface area (Å²) < 4.78 is 5.09. The van der Waals surface area contributed by atoms with E-state index in [1.165, 1.54) is 6.42 Å². The Morgan fingerprint density at radius 2 is 2.26 bits per heavy atom. The molecule has 0 radical (unpaired) electrons. The van der Waals surface area contributed by atoms with Crippen molar-refractivity contribution in [3.63, 3.8) is 0 Å². The Labute approximate surface area is 115 Å². The zero-order valence-corrected chi connectivity index (χ0v) is 12.0. The van der Waals surface area contributed by atoms with E-state index in [9.17, 15) is 4.79 Å². The molecule has 1 amide bonds. The van der Waals surface area contributed by atoms with Crippen molar-refractivity contribution in [3.8, 4) is 0 Å². The molecule has 1 aromatic carbocycles. The summed E-state index contributed by atoms with van der Waals surface area (Å²) in [5, 5.41) is 3.14. The van der Waals surface area contributed by atoms with Crippen molar-refractivity contribution in [2.45, 2.75) is 45.8 Å². The first-order chi connectivity index (χ1) is 9.00. The molecule has 1 unspecified atom stereocenters. The molecule has 1 atom stereocenters. The van der Waals surface area contributed by atoms with Crippen LogP contribution in [-0.2, 0) is 11.3 Å². The molecule has 1 fully saturated rings. The average Bonchev–Trinajstić information content (AvgIpc) is 2.69. The summed E-state index contributed by atoms with van der Waals surface area (Å²) in [7, 11) is 1.66. The Hall–Kier alpha value is -1.35. The molecular weight excluding hydrogens is 238 g/mol. The van der Waals surface area contributed by atoms with Crippen LogP contribution in [-0.4, -0.2) is 19.1 Å². The molecule has 1 saturated carbocycles. The second-order valence-corrected chi connectivity index (χ2v) is 6.21. The zero-order chi connectivity index (χ0) is 13.9. The molecule has 19 heavy (non-hydrogen) atoms. The van der Waals surface area contributed by atoms with Crippen LogP contribution in [0.4, 0.5) is 0 Å². The van der Waals surface area contributed by atoms with Gasteiger partial charge in [-0.25, -0.2) is 0 Å². The first-order valence-electron chi connectivity index (χ1n) is 6.89.